The lowest BCUT2D eigenvalue weighted by Gasteiger charge is -2.14. The zero-order valence-electron chi connectivity index (χ0n) is 20.9. The Hall–Kier alpha value is -1.55. The van der Waals surface area contributed by atoms with E-state index in [1.165, 1.54) is 16.7 Å². The van der Waals surface area contributed by atoms with Gasteiger partial charge in [0.1, 0.15) is 6.10 Å². The molecule has 0 bridgehead atoms. The third kappa shape index (κ3) is 18.1. The molecule has 0 rings (SSSR count). The van der Waals surface area contributed by atoms with Gasteiger partial charge in [-0.3, -0.25) is 0 Å². The smallest absolute Gasteiger partial charge is 0.384 e. The number of unbranched alkanes of at least 4 members (excludes halogenated alkanes) is 1. The lowest BCUT2D eigenvalue weighted by Crippen LogP contribution is -2.28. The number of hydrogen-bond acceptors (Lipinski definition) is 1. The molecule has 1 N–H and O–H groups in total. The maximum atomic E-state index is 12.3. The topological polar surface area (TPSA) is 20.2 Å². The predicted molar refractivity (Wildman–Crippen MR) is 133 cm³/mol. The maximum Gasteiger partial charge on any atom is 0.414 e. The first-order valence-corrected chi connectivity index (χ1v) is 12.0. The third-order valence-electron chi connectivity index (χ3n) is 5.58. The molecular weight excluding hydrogens is 409 g/mol. The van der Waals surface area contributed by atoms with E-state index < -0.39 is 12.3 Å². The summed E-state index contributed by atoms with van der Waals surface area (Å²) in [5, 5.41) is 9.02. The summed E-state index contributed by atoms with van der Waals surface area (Å²) in [5.74, 6) is 0. The van der Waals surface area contributed by atoms with E-state index in [1.54, 1.807) is 0 Å². The predicted octanol–water partition coefficient (Wildman–Crippen LogP) is 9.56. The fourth-order valence-electron chi connectivity index (χ4n) is 3.38. The first kappa shape index (κ1) is 30.4. The summed E-state index contributed by atoms with van der Waals surface area (Å²) < 4.78 is 36.9. The van der Waals surface area contributed by atoms with E-state index in [1.807, 2.05) is 6.92 Å². The highest BCUT2D eigenvalue weighted by Crippen LogP contribution is 2.24. The molecule has 1 unspecified atom stereocenters. The number of allylic oxidation sites excluding steroid dienone is 10. The van der Waals surface area contributed by atoms with E-state index in [-0.39, 0.29) is 6.42 Å². The van der Waals surface area contributed by atoms with Gasteiger partial charge in [0.15, 0.2) is 0 Å². The van der Waals surface area contributed by atoms with Gasteiger partial charge in [0.2, 0.25) is 0 Å². The van der Waals surface area contributed by atoms with Gasteiger partial charge in [-0.25, -0.2) is 0 Å². The van der Waals surface area contributed by atoms with Crippen molar-refractivity contribution in [2.75, 3.05) is 0 Å². The van der Waals surface area contributed by atoms with Crippen LogP contribution in [0, 0.1) is 0 Å². The van der Waals surface area contributed by atoms with E-state index in [0.717, 1.165) is 56.9 Å². The largest absolute Gasteiger partial charge is 0.414 e. The van der Waals surface area contributed by atoms with Crippen molar-refractivity contribution in [2.45, 2.75) is 118 Å². The summed E-state index contributed by atoms with van der Waals surface area (Å²) >= 11 is 0. The minimum absolute atomic E-state index is 0.229. The number of aliphatic hydroxyl groups is 1. The molecule has 0 spiro atoms. The molecule has 0 saturated heterocycles. The van der Waals surface area contributed by atoms with Crippen LogP contribution in [0.15, 0.2) is 58.7 Å². The normalized spacial score (nSPS) is 15.7. The second kappa shape index (κ2) is 17.9. The van der Waals surface area contributed by atoms with Gasteiger partial charge < -0.3 is 5.11 Å². The van der Waals surface area contributed by atoms with Crippen LogP contribution in [-0.2, 0) is 0 Å². The monoisotopic (exact) mass is 454 g/mol. The number of hydrogen-bond donors (Lipinski definition) is 1. The van der Waals surface area contributed by atoms with Gasteiger partial charge in [0, 0.05) is 0 Å². The van der Waals surface area contributed by atoms with Gasteiger partial charge in [-0.05, 0) is 105 Å². The molecule has 0 heterocycles. The Balaban J connectivity index is 4.05. The Morgan fingerprint density at radius 1 is 0.688 bits per heavy atom. The third-order valence-corrected chi connectivity index (χ3v) is 5.58. The van der Waals surface area contributed by atoms with Crippen LogP contribution in [0.2, 0.25) is 0 Å². The minimum atomic E-state index is -4.50. The second-order valence-electron chi connectivity index (χ2n) is 8.91. The van der Waals surface area contributed by atoms with Crippen LogP contribution >= 0.6 is 0 Å². The van der Waals surface area contributed by atoms with E-state index in [2.05, 4.69) is 64.2 Å². The molecule has 0 saturated carbocycles. The average molecular weight is 455 g/mol. The van der Waals surface area contributed by atoms with Crippen LogP contribution < -0.4 is 0 Å². The number of halogens is 3. The molecule has 0 aromatic carbocycles. The van der Waals surface area contributed by atoms with Crippen LogP contribution in [0.3, 0.4) is 0 Å². The summed E-state index contributed by atoms with van der Waals surface area (Å²) in [6, 6.07) is 0. The van der Waals surface area contributed by atoms with Crippen molar-refractivity contribution >= 4 is 0 Å². The van der Waals surface area contributed by atoms with Crippen molar-refractivity contribution in [1.82, 2.24) is 0 Å². The molecule has 0 amide bonds. The Bertz CT molecular complexity index is 648. The summed E-state index contributed by atoms with van der Waals surface area (Å²) in [4.78, 5) is 0. The fourth-order valence-corrected chi connectivity index (χ4v) is 3.38. The zero-order chi connectivity index (χ0) is 24.4. The van der Waals surface area contributed by atoms with Crippen molar-refractivity contribution in [2.24, 2.45) is 0 Å². The zero-order valence-corrected chi connectivity index (χ0v) is 20.9. The highest BCUT2D eigenvalue weighted by Gasteiger charge is 2.37. The lowest BCUT2D eigenvalue weighted by atomic mass is 10.0. The average Bonchev–Trinajstić information content (AvgIpc) is 2.70. The highest BCUT2D eigenvalue weighted by molar-refractivity contribution is 5.07. The number of aliphatic hydroxyl groups excluding tert-OH is 1. The van der Waals surface area contributed by atoms with Gasteiger partial charge in [0.05, 0.1) is 0 Å². The molecule has 0 aliphatic carbocycles. The molecule has 0 aliphatic rings. The van der Waals surface area contributed by atoms with Crippen molar-refractivity contribution in [3.63, 3.8) is 0 Å². The van der Waals surface area contributed by atoms with E-state index >= 15 is 0 Å². The number of rotatable bonds is 16. The van der Waals surface area contributed by atoms with Gasteiger partial charge in [0.25, 0.3) is 0 Å². The molecule has 184 valence electrons. The molecule has 0 fully saturated rings. The summed E-state index contributed by atoms with van der Waals surface area (Å²) in [6.07, 6.45) is 15.9. The molecule has 0 aromatic heterocycles. The first-order chi connectivity index (χ1) is 15.1. The SMILES string of the molecule is C/C=C/CC/C(C)=C/CC/C(C)=C/CC/C=C(\C)CC/C=C(\C)CCCC(O)C(F)(F)F. The van der Waals surface area contributed by atoms with Crippen LogP contribution in [0.25, 0.3) is 0 Å². The molecule has 32 heavy (non-hydrogen) atoms. The van der Waals surface area contributed by atoms with Crippen molar-refractivity contribution in [1.29, 1.82) is 0 Å². The van der Waals surface area contributed by atoms with Crippen molar-refractivity contribution in [3.05, 3.63) is 58.7 Å². The Kier molecular flexibility index (Phi) is 17.1. The Morgan fingerprint density at radius 2 is 1.09 bits per heavy atom. The second-order valence-corrected chi connectivity index (χ2v) is 8.91. The lowest BCUT2D eigenvalue weighted by molar-refractivity contribution is -0.205. The van der Waals surface area contributed by atoms with Crippen LogP contribution in [0.4, 0.5) is 13.2 Å². The van der Waals surface area contributed by atoms with Crippen LogP contribution in [0.5, 0.6) is 0 Å². The summed E-state index contributed by atoms with van der Waals surface area (Å²) in [5.41, 5.74) is 5.37. The highest BCUT2D eigenvalue weighted by atomic mass is 19.4. The first-order valence-electron chi connectivity index (χ1n) is 12.0. The van der Waals surface area contributed by atoms with Crippen LogP contribution in [-0.4, -0.2) is 17.4 Å². The minimum Gasteiger partial charge on any atom is -0.384 e. The molecule has 0 radical (unpaired) electrons. The van der Waals surface area contributed by atoms with Crippen LogP contribution in [0.1, 0.15) is 105 Å². The molecule has 1 nitrogen and oxygen atoms in total. The van der Waals surface area contributed by atoms with E-state index in [0.29, 0.717) is 12.8 Å². The Morgan fingerprint density at radius 3 is 1.53 bits per heavy atom. The molecule has 0 aromatic rings. The van der Waals surface area contributed by atoms with Crippen molar-refractivity contribution in [3.8, 4) is 0 Å². The molecule has 1 atom stereocenters. The van der Waals surface area contributed by atoms with E-state index in [4.69, 9.17) is 5.11 Å². The summed E-state index contributed by atoms with van der Waals surface area (Å²) in [7, 11) is 0. The molecular formula is C28H45F3O. The standard InChI is InChI=1S/C28H45F3O/c1-6-7-8-14-23(2)17-11-18-24(3)15-9-10-16-25(4)19-12-20-26(5)21-13-22-27(32)28(29,30)31/h6-7,15-17,20,27,32H,8-14,18-19,21-22H2,1-5H3/b7-6+,23-17+,24-15+,25-16+,26-20+. The Labute approximate surface area is 194 Å². The number of alkyl halides is 3. The molecule has 4 heteroatoms. The van der Waals surface area contributed by atoms with E-state index in [9.17, 15) is 13.2 Å². The van der Waals surface area contributed by atoms with Crippen molar-refractivity contribution < 1.29 is 18.3 Å². The van der Waals surface area contributed by atoms with Gasteiger partial charge >= 0.3 is 6.18 Å². The fraction of sp³-hybridized carbons (Fsp3) is 0.643. The molecule has 0 aliphatic heterocycles. The summed E-state index contributed by atoms with van der Waals surface area (Å²) in [6.45, 7) is 10.6. The van der Waals surface area contributed by atoms with Gasteiger partial charge in [-0.1, -0.05) is 58.7 Å². The maximum absolute atomic E-state index is 12.3. The van der Waals surface area contributed by atoms with Gasteiger partial charge in [-0.2, -0.15) is 13.2 Å². The van der Waals surface area contributed by atoms with Gasteiger partial charge in [-0.15, -0.1) is 0 Å². The quantitative estimate of drug-likeness (QED) is 0.182.